The van der Waals surface area contributed by atoms with Crippen molar-refractivity contribution < 1.29 is 24.0 Å². The predicted octanol–water partition coefficient (Wildman–Crippen LogP) is -1.74. The van der Waals surface area contributed by atoms with Gasteiger partial charge in [-0.2, -0.15) is 0 Å². The molecule has 0 N–H and O–H groups in total. The average Bonchev–Trinajstić information content (AvgIpc) is 1.82. The Morgan fingerprint density at radius 1 is 1.70 bits per heavy atom. The van der Waals surface area contributed by atoms with E-state index in [0.717, 1.165) is 0 Å². The zero-order chi connectivity index (χ0) is 7.28. The Hall–Kier alpha value is 0.0374. The quantitative estimate of drug-likeness (QED) is 0.330. The van der Waals surface area contributed by atoms with Crippen LogP contribution in [0.2, 0.25) is 0 Å². The Labute approximate surface area is 75.0 Å². The van der Waals surface area contributed by atoms with Crippen molar-refractivity contribution in [2.24, 2.45) is 0 Å². The van der Waals surface area contributed by atoms with E-state index in [2.05, 4.69) is 6.58 Å². The minimum atomic E-state index is -0.610. The Morgan fingerprint density at radius 3 is 2.50 bits per heavy atom. The molecule has 1 nitrogen and oxygen atoms in total. The first-order valence-corrected chi connectivity index (χ1v) is 3.11. The molecule has 1 unspecified atom stereocenters. The van der Waals surface area contributed by atoms with E-state index in [1.807, 2.05) is 19.1 Å². The van der Waals surface area contributed by atoms with Crippen LogP contribution in [0.4, 0.5) is 0 Å². The number of hydrogen-bond donors (Lipinski definition) is 0. The van der Waals surface area contributed by atoms with E-state index < -0.39 is 6.10 Å². The number of allylic oxidation sites excluding steroid dienone is 1. The minimum absolute atomic E-state index is 0. The standard InChI is InChI=1S/C8H13O.Li/c1-4-5-6-8(9)7(2)3;/h4-5,8H,2,6H2,1,3H3;/q-1;+1/b5-4-;. The number of rotatable bonds is 3. The van der Waals surface area contributed by atoms with Crippen LogP contribution in [0.3, 0.4) is 0 Å². The van der Waals surface area contributed by atoms with E-state index in [1.165, 1.54) is 0 Å². The summed E-state index contributed by atoms with van der Waals surface area (Å²) in [6, 6.07) is 0. The predicted molar refractivity (Wildman–Crippen MR) is 38.0 cm³/mol. The van der Waals surface area contributed by atoms with Crippen molar-refractivity contribution in [3.8, 4) is 0 Å². The molecule has 0 radical (unpaired) electrons. The zero-order valence-corrected chi connectivity index (χ0v) is 7.05. The van der Waals surface area contributed by atoms with E-state index in [0.29, 0.717) is 12.0 Å². The SMILES string of the molecule is C=C(C)C([O-])C/C=C\C.[Li+]. The second kappa shape index (κ2) is 7.15. The molecule has 0 aliphatic carbocycles. The van der Waals surface area contributed by atoms with Crippen LogP contribution in [0.5, 0.6) is 0 Å². The maximum Gasteiger partial charge on any atom is 1.00 e. The van der Waals surface area contributed by atoms with Crippen LogP contribution in [0, 0.1) is 0 Å². The summed E-state index contributed by atoms with van der Waals surface area (Å²) in [6.07, 6.45) is 3.72. The summed E-state index contributed by atoms with van der Waals surface area (Å²) >= 11 is 0. The molecule has 2 heteroatoms. The molecule has 1 atom stereocenters. The van der Waals surface area contributed by atoms with Gasteiger partial charge in [-0.3, -0.25) is 0 Å². The minimum Gasteiger partial charge on any atom is -0.849 e. The third kappa shape index (κ3) is 6.16. The molecular formula is C8H13LiO. The maximum absolute atomic E-state index is 10.8. The molecule has 52 valence electrons. The van der Waals surface area contributed by atoms with Gasteiger partial charge >= 0.3 is 18.9 Å². The van der Waals surface area contributed by atoms with E-state index in [-0.39, 0.29) is 18.9 Å². The Morgan fingerprint density at radius 2 is 2.20 bits per heavy atom. The van der Waals surface area contributed by atoms with Crippen LogP contribution in [-0.4, -0.2) is 6.10 Å². The second-order valence-corrected chi connectivity index (χ2v) is 2.14. The molecular weight excluding hydrogens is 119 g/mol. The largest absolute Gasteiger partial charge is 1.00 e. The molecule has 0 amide bonds. The zero-order valence-electron chi connectivity index (χ0n) is 7.05. The van der Waals surface area contributed by atoms with E-state index in [4.69, 9.17) is 0 Å². The van der Waals surface area contributed by atoms with Gasteiger partial charge in [0.1, 0.15) is 0 Å². The molecule has 0 rings (SSSR count). The summed E-state index contributed by atoms with van der Waals surface area (Å²) in [5, 5.41) is 10.8. The summed E-state index contributed by atoms with van der Waals surface area (Å²) in [5.74, 6) is 0. The first kappa shape index (κ1) is 12.7. The maximum atomic E-state index is 10.8. The van der Waals surface area contributed by atoms with Gasteiger partial charge < -0.3 is 5.11 Å². The monoisotopic (exact) mass is 132 g/mol. The summed E-state index contributed by atoms with van der Waals surface area (Å²) < 4.78 is 0. The third-order valence-electron chi connectivity index (χ3n) is 1.14. The van der Waals surface area contributed by atoms with Crippen LogP contribution >= 0.6 is 0 Å². The fourth-order valence-electron chi connectivity index (χ4n) is 0.461. The molecule has 0 aromatic carbocycles. The normalized spacial score (nSPS) is 12.7. The van der Waals surface area contributed by atoms with Crippen molar-refractivity contribution in [3.05, 3.63) is 24.3 Å². The van der Waals surface area contributed by atoms with Gasteiger partial charge in [0, 0.05) is 0 Å². The Kier molecular flexibility index (Phi) is 9.07. The molecule has 0 aliphatic heterocycles. The second-order valence-electron chi connectivity index (χ2n) is 2.14. The molecule has 0 aromatic heterocycles. The van der Waals surface area contributed by atoms with Crippen molar-refractivity contribution >= 4 is 0 Å². The van der Waals surface area contributed by atoms with Crippen LogP contribution in [0.15, 0.2) is 24.3 Å². The third-order valence-corrected chi connectivity index (χ3v) is 1.14. The smallest absolute Gasteiger partial charge is 0.849 e. The van der Waals surface area contributed by atoms with Gasteiger partial charge in [-0.25, -0.2) is 0 Å². The van der Waals surface area contributed by atoms with Crippen molar-refractivity contribution in [2.75, 3.05) is 0 Å². The molecule has 0 bridgehead atoms. The number of hydrogen-bond acceptors (Lipinski definition) is 1. The summed E-state index contributed by atoms with van der Waals surface area (Å²) in [6.45, 7) is 7.23. The summed E-state index contributed by atoms with van der Waals surface area (Å²) in [4.78, 5) is 0. The molecule has 0 aliphatic rings. The van der Waals surface area contributed by atoms with E-state index in [9.17, 15) is 5.11 Å². The van der Waals surface area contributed by atoms with Crippen LogP contribution in [0.25, 0.3) is 0 Å². The summed E-state index contributed by atoms with van der Waals surface area (Å²) in [5.41, 5.74) is 0.716. The summed E-state index contributed by atoms with van der Waals surface area (Å²) in [7, 11) is 0. The fraction of sp³-hybridized carbons (Fsp3) is 0.500. The van der Waals surface area contributed by atoms with Gasteiger partial charge in [0.15, 0.2) is 0 Å². The fourth-order valence-corrected chi connectivity index (χ4v) is 0.461. The van der Waals surface area contributed by atoms with Gasteiger partial charge in [0.25, 0.3) is 0 Å². The van der Waals surface area contributed by atoms with E-state index in [1.54, 1.807) is 6.92 Å². The van der Waals surface area contributed by atoms with Crippen LogP contribution in [-0.2, 0) is 0 Å². The molecule has 0 aromatic rings. The van der Waals surface area contributed by atoms with Gasteiger partial charge in [-0.1, -0.05) is 17.7 Å². The molecule has 0 spiro atoms. The van der Waals surface area contributed by atoms with Gasteiger partial charge in [0.2, 0.25) is 0 Å². The Bertz CT molecular complexity index is 118. The van der Waals surface area contributed by atoms with E-state index >= 15 is 0 Å². The average molecular weight is 132 g/mol. The first-order valence-electron chi connectivity index (χ1n) is 3.11. The van der Waals surface area contributed by atoms with Gasteiger partial charge in [-0.15, -0.1) is 12.7 Å². The molecule has 0 fully saturated rings. The van der Waals surface area contributed by atoms with Gasteiger partial charge in [0.05, 0.1) is 0 Å². The molecule has 0 saturated carbocycles. The van der Waals surface area contributed by atoms with Crippen molar-refractivity contribution in [1.82, 2.24) is 0 Å². The molecule has 0 saturated heterocycles. The van der Waals surface area contributed by atoms with Crippen LogP contribution < -0.4 is 24.0 Å². The van der Waals surface area contributed by atoms with Crippen molar-refractivity contribution in [1.29, 1.82) is 0 Å². The Balaban J connectivity index is 0. The van der Waals surface area contributed by atoms with Crippen LogP contribution in [0.1, 0.15) is 20.3 Å². The van der Waals surface area contributed by atoms with Crippen molar-refractivity contribution in [3.63, 3.8) is 0 Å². The first-order chi connectivity index (χ1) is 4.18. The molecule has 0 heterocycles. The molecule has 10 heavy (non-hydrogen) atoms. The van der Waals surface area contributed by atoms with Gasteiger partial charge in [-0.05, 0) is 20.3 Å². The van der Waals surface area contributed by atoms with Crippen molar-refractivity contribution in [2.45, 2.75) is 26.4 Å². The topological polar surface area (TPSA) is 23.1 Å².